The molecule has 1 aromatic carbocycles. The fourth-order valence-electron chi connectivity index (χ4n) is 1.60. The van der Waals surface area contributed by atoms with Gasteiger partial charge in [-0.15, -0.1) is 0 Å². The van der Waals surface area contributed by atoms with Crippen molar-refractivity contribution in [3.05, 3.63) is 52.3 Å². The number of furan rings is 1. The molecule has 1 amide bonds. The first-order valence-corrected chi connectivity index (χ1v) is 6.26. The lowest BCUT2D eigenvalue weighted by atomic mass is 10.1. The van der Waals surface area contributed by atoms with Gasteiger partial charge >= 0.3 is 0 Å². The van der Waals surface area contributed by atoms with Gasteiger partial charge < -0.3 is 4.42 Å². The Morgan fingerprint density at radius 2 is 2.24 bits per heavy atom. The highest BCUT2D eigenvalue weighted by atomic mass is 16.6. The molecule has 0 radical (unpaired) electrons. The van der Waals surface area contributed by atoms with Gasteiger partial charge in [0, 0.05) is 24.1 Å². The summed E-state index contributed by atoms with van der Waals surface area (Å²) in [5.41, 5.74) is 2.93. The zero-order valence-electron chi connectivity index (χ0n) is 11.3. The summed E-state index contributed by atoms with van der Waals surface area (Å²) < 4.78 is 5.50. The number of hydrazone groups is 1. The van der Waals surface area contributed by atoms with E-state index >= 15 is 0 Å². The molecule has 1 heterocycles. The van der Waals surface area contributed by atoms with Gasteiger partial charge in [-0.2, -0.15) is 5.10 Å². The highest BCUT2D eigenvalue weighted by molar-refractivity contribution is 5.80. The molecule has 0 fully saturated rings. The Labute approximate surface area is 120 Å². The Morgan fingerprint density at radius 1 is 1.43 bits per heavy atom. The van der Waals surface area contributed by atoms with E-state index in [-0.39, 0.29) is 11.6 Å². The number of nitrogens with one attached hydrogen (secondary N) is 1. The zero-order chi connectivity index (χ0) is 15.2. The minimum absolute atomic E-state index is 0.00525. The maximum atomic E-state index is 11.0. The minimum Gasteiger partial charge on any atom is -0.455 e. The molecule has 7 nitrogen and oxygen atoms in total. The summed E-state index contributed by atoms with van der Waals surface area (Å²) in [7, 11) is 0. The highest BCUT2D eigenvalue weighted by Gasteiger charge is 2.09. The first-order valence-electron chi connectivity index (χ1n) is 6.26. The fraction of sp³-hybridized carbons (Fsp3) is 0.143. The molecule has 21 heavy (non-hydrogen) atoms. The molecule has 1 aromatic heterocycles. The summed E-state index contributed by atoms with van der Waals surface area (Å²) in [6.07, 6.45) is 1.71. The lowest BCUT2D eigenvalue weighted by Crippen LogP contribution is -2.15. The van der Waals surface area contributed by atoms with E-state index in [9.17, 15) is 14.9 Å². The molecule has 2 rings (SSSR count). The van der Waals surface area contributed by atoms with Gasteiger partial charge in [0.05, 0.1) is 11.1 Å². The number of hydrogen-bond donors (Lipinski definition) is 1. The Morgan fingerprint density at radius 3 is 2.95 bits per heavy atom. The third-order valence-corrected chi connectivity index (χ3v) is 2.67. The van der Waals surface area contributed by atoms with Crippen molar-refractivity contribution in [1.82, 2.24) is 5.43 Å². The summed E-state index contributed by atoms with van der Waals surface area (Å²) in [5, 5.41) is 14.5. The quantitative estimate of drug-likeness (QED) is 0.519. The zero-order valence-corrected chi connectivity index (χ0v) is 11.3. The lowest BCUT2D eigenvalue weighted by molar-refractivity contribution is -0.384. The van der Waals surface area contributed by atoms with Crippen LogP contribution in [0.1, 0.15) is 19.1 Å². The monoisotopic (exact) mass is 287 g/mol. The van der Waals surface area contributed by atoms with Crippen molar-refractivity contribution in [3.8, 4) is 11.3 Å². The SMILES string of the molecule is CCC(=O)N/N=C\c1ccc(-c2cccc([N+](=O)[O-])c2)o1. The number of rotatable bonds is 5. The first kappa shape index (κ1) is 14.4. The van der Waals surface area contributed by atoms with Crippen LogP contribution in [0.2, 0.25) is 0 Å². The van der Waals surface area contributed by atoms with Gasteiger partial charge in [-0.05, 0) is 12.1 Å². The second-order valence-electron chi connectivity index (χ2n) is 4.16. The molecule has 1 N–H and O–H groups in total. The summed E-state index contributed by atoms with van der Waals surface area (Å²) in [6, 6.07) is 9.49. The Balaban J connectivity index is 2.14. The van der Waals surface area contributed by atoms with Crippen molar-refractivity contribution in [3.63, 3.8) is 0 Å². The van der Waals surface area contributed by atoms with Crippen molar-refractivity contribution >= 4 is 17.8 Å². The maximum Gasteiger partial charge on any atom is 0.270 e. The normalized spacial score (nSPS) is 10.7. The molecular formula is C14H13N3O4. The fourth-order valence-corrected chi connectivity index (χ4v) is 1.60. The van der Waals surface area contributed by atoms with E-state index in [0.717, 1.165) is 0 Å². The lowest BCUT2D eigenvalue weighted by Gasteiger charge is -1.97. The van der Waals surface area contributed by atoms with Gasteiger partial charge in [0.15, 0.2) is 0 Å². The number of benzene rings is 1. The molecular weight excluding hydrogens is 274 g/mol. The molecule has 0 spiro atoms. The number of carbonyl (C=O) groups excluding carboxylic acids is 1. The molecule has 0 saturated carbocycles. The van der Waals surface area contributed by atoms with E-state index in [2.05, 4.69) is 10.5 Å². The molecule has 108 valence electrons. The number of nitrogens with zero attached hydrogens (tertiary/aromatic N) is 2. The van der Waals surface area contributed by atoms with Crippen molar-refractivity contribution < 1.29 is 14.1 Å². The smallest absolute Gasteiger partial charge is 0.270 e. The van der Waals surface area contributed by atoms with E-state index in [1.165, 1.54) is 18.3 Å². The van der Waals surface area contributed by atoms with E-state index in [1.807, 2.05) is 0 Å². The maximum absolute atomic E-state index is 11.0. The molecule has 0 bridgehead atoms. The third kappa shape index (κ3) is 3.75. The summed E-state index contributed by atoms with van der Waals surface area (Å²) in [5.74, 6) is 0.728. The van der Waals surface area contributed by atoms with E-state index < -0.39 is 4.92 Å². The minimum atomic E-state index is -0.463. The molecule has 0 atom stereocenters. The van der Waals surface area contributed by atoms with Crippen LogP contribution in [0, 0.1) is 10.1 Å². The van der Waals surface area contributed by atoms with Crippen LogP contribution in [-0.4, -0.2) is 17.0 Å². The molecule has 2 aromatic rings. The van der Waals surface area contributed by atoms with E-state index in [4.69, 9.17) is 4.42 Å². The number of non-ortho nitro benzene ring substituents is 1. The van der Waals surface area contributed by atoms with Gasteiger partial charge in [-0.1, -0.05) is 19.1 Å². The second kappa shape index (κ2) is 6.47. The number of amides is 1. The van der Waals surface area contributed by atoms with Gasteiger partial charge in [0.1, 0.15) is 11.5 Å². The van der Waals surface area contributed by atoms with Crippen molar-refractivity contribution in [2.24, 2.45) is 5.10 Å². The Kier molecular flexibility index (Phi) is 4.45. The van der Waals surface area contributed by atoms with Crippen molar-refractivity contribution in [1.29, 1.82) is 0 Å². The van der Waals surface area contributed by atoms with Crippen LogP contribution >= 0.6 is 0 Å². The topological polar surface area (TPSA) is 97.7 Å². The van der Waals surface area contributed by atoms with Crippen LogP contribution < -0.4 is 5.43 Å². The van der Waals surface area contributed by atoms with Gasteiger partial charge in [0.2, 0.25) is 5.91 Å². The molecule has 0 aliphatic heterocycles. The number of nitro benzene ring substituents is 1. The predicted molar refractivity (Wildman–Crippen MR) is 76.8 cm³/mol. The summed E-state index contributed by atoms with van der Waals surface area (Å²) >= 11 is 0. The standard InChI is InChI=1S/C14H13N3O4/c1-2-14(18)16-15-9-12-6-7-13(21-12)10-4-3-5-11(8-10)17(19)20/h3-9H,2H2,1H3,(H,16,18)/b15-9-. The van der Waals surface area contributed by atoms with E-state index in [1.54, 1.807) is 31.2 Å². The first-order chi connectivity index (χ1) is 10.1. The highest BCUT2D eigenvalue weighted by Crippen LogP contribution is 2.25. The van der Waals surface area contributed by atoms with Gasteiger partial charge in [0.25, 0.3) is 5.69 Å². The van der Waals surface area contributed by atoms with Crippen LogP contribution in [0.15, 0.2) is 45.9 Å². The summed E-state index contributed by atoms with van der Waals surface area (Å²) in [4.78, 5) is 21.3. The predicted octanol–water partition coefficient (Wildman–Crippen LogP) is 2.71. The summed E-state index contributed by atoms with van der Waals surface area (Å²) in [6.45, 7) is 1.72. The van der Waals surface area contributed by atoms with Crippen LogP contribution in [0.25, 0.3) is 11.3 Å². The Bertz CT molecular complexity index is 691. The number of carbonyl (C=O) groups is 1. The van der Waals surface area contributed by atoms with Crippen LogP contribution in [0.4, 0.5) is 5.69 Å². The average molecular weight is 287 g/mol. The number of hydrogen-bond acceptors (Lipinski definition) is 5. The van der Waals surface area contributed by atoms with Gasteiger partial charge in [-0.25, -0.2) is 5.43 Å². The molecule has 0 aliphatic carbocycles. The van der Waals surface area contributed by atoms with Crippen LogP contribution in [-0.2, 0) is 4.79 Å². The van der Waals surface area contributed by atoms with Crippen LogP contribution in [0.5, 0.6) is 0 Å². The molecule has 0 aliphatic rings. The van der Waals surface area contributed by atoms with E-state index in [0.29, 0.717) is 23.5 Å². The number of nitro groups is 1. The van der Waals surface area contributed by atoms with Crippen molar-refractivity contribution in [2.75, 3.05) is 0 Å². The Hall–Kier alpha value is -2.96. The molecule has 7 heteroatoms. The van der Waals surface area contributed by atoms with Gasteiger partial charge in [-0.3, -0.25) is 14.9 Å². The molecule has 0 saturated heterocycles. The van der Waals surface area contributed by atoms with Crippen LogP contribution in [0.3, 0.4) is 0 Å². The van der Waals surface area contributed by atoms with Crippen molar-refractivity contribution in [2.45, 2.75) is 13.3 Å². The average Bonchev–Trinajstić information content (AvgIpc) is 2.96. The third-order valence-electron chi connectivity index (χ3n) is 2.67. The molecule has 0 unspecified atom stereocenters. The second-order valence-corrected chi connectivity index (χ2v) is 4.16. The largest absolute Gasteiger partial charge is 0.455 e.